The van der Waals surface area contributed by atoms with Crippen LogP contribution in [0.4, 0.5) is 4.39 Å². The molecule has 18 heavy (non-hydrogen) atoms. The summed E-state index contributed by atoms with van der Waals surface area (Å²) >= 11 is 0. The first-order valence-corrected chi connectivity index (χ1v) is 7.55. The Morgan fingerprint density at radius 2 is 1.94 bits per heavy atom. The van der Waals surface area contributed by atoms with Crippen LogP contribution in [0, 0.1) is 11.2 Å². The van der Waals surface area contributed by atoms with Crippen LogP contribution < -0.4 is 5.73 Å². The predicted molar refractivity (Wildman–Crippen MR) is 72.2 cm³/mol. The third-order valence-electron chi connectivity index (χ3n) is 3.93. The van der Waals surface area contributed by atoms with E-state index in [9.17, 15) is 8.60 Å². The summed E-state index contributed by atoms with van der Waals surface area (Å²) in [7, 11) is -1.15. The molecular formula is C14H20FNOS. The van der Waals surface area contributed by atoms with Gasteiger partial charge >= 0.3 is 0 Å². The zero-order valence-electron chi connectivity index (χ0n) is 10.9. The lowest BCUT2D eigenvalue weighted by atomic mass is 9.73. The van der Waals surface area contributed by atoms with Crippen LogP contribution >= 0.6 is 0 Å². The molecule has 0 aromatic heterocycles. The summed E-state index contributed by atoms with van der Waals surface area (Å²) in [4.78, 5) is 0.676. The summed E-state index contributed by atoms with van der Waals surface area (Å²) in [5.41, 5.74) is 6.28. The Morgan fingerprint density at radius 3 is 2.56 bits per heavy atom. The molecule has 4 heteroatoms. The van der Waals surface area contributed by atoms with Gasteiger partial charge in [-0.3, -0.25) is 4.21 Å². The lowest BCUT2D eigenvalue weighted by molar-refractivity contribution is 0.206. The SMILES string of the molecule is CC1(C)CCCC(S(=O)c2ccc(F)cc2)C1N. The smallest absolute Gasteiger partial charge is 0.123 e. The Balaban J connectivity index is 2.20. The second kappa shape index (κ2) is 5.10. The van der Waals surface area contributed by atoms with Crippen molar-refractivity contribution in [3.63, 3.8) is 0 Å². The van der Waals surface area contributed by atoms with Gasteiger partial charge in [0, 0.05) is 10.9 Å². The van der Waals surface area contributed by atoms with E-state index < -0.39 is 10.8 Å². The Kier molecular flexibility index (Phi) is 3.87. The van der Waals surface area contributed by atoms with Gasteiger partial charge in [-0.05, 0) is 42.5 Å². The molecule has 0 saturated heterocycles. The minimum Gasteiger partial charge on any atom is -0.326 e. The molecule has 1 aromatic carbocycles. The molecule has 1 fully saturated rings. The highest BCUT2D eigenvalue weighted by Crippen LogP contribution is 2.37. The second-order valence-electron chi connectivity index (χ2n) is 5.70. The van der Waals surface area contributed by atoms with Crippen LogP contribution in [0.25, 0.3) is 0 Å². The molecule has 100 valence electrons. The van der Waals surface area contributed by atoms with Crippen molar-refractivity contribution in [2.75, 3.05) is 0 Å². The molecule has 0 aliphatic heterocycles. The highest BCUT2D eigenvalue weighted by Gasteiger charge is 2.39. The molecule has 2 N–H and O–H groups in total. The summed E-state index contributed by atoms with van der Waals surface area (Å²) in [5.74, 6) is -0.302. The van der Waals surface area contributed by atoms with Gasteiger partial charge in [0.1, 0.15) is 5.82 Å². The van der Waals surface area contributed by atoms with Crippen molar-refractivity contribution >= 4 is 10.8 Å². The Morgan fingerprint density at radius 1 is 1.33 bits per heavy atom. The van der Waals surface area contributed by atoms with Crippen LogP contribution in [0.3, 0.4) is 0 Å². The molecule has 0 radical (unpaired) electrons. The van der Waals surface area contributed by atoms with Gasteiger partial charge in [0.25, 0.3) is 0 Å². The summed E-state index contributed by atoms with van der Waals surface area (Å²) in [6.45, 7) is 4.26. The zero-order chi connectivity index (χ0) is 13.3. The standard InChI is InChI=1S/C14H20FNOS/c1-14(2)9-3-4-12(13(14)16)18(17)11-7-5-10(15)6-8-11/h5-8,12-13H,3-4,9,16H2,1-2H3. The number of hydrogen-bond acceptors (Lipinski definition) is 2. The van der Waals surface area contributed by atoms with E-state index in [1.807, 2.05) is 0 Å². The molecule has 1 aromatic rings. The topological polar surface area (TPSA) is 43.1 Å². The second-order valence-corrected chi connectivity index (χ2v) is 7.37. The van der Waals surface area contributed by atoms with Crippen LogP contribution in [0.15, 0.2) is 29.2 Å². The molecule has 1 aliphatic rings. The maximum atomic E-state index is 12.9. The van der Waals surface area contributed by atoms with Gasteiger partial charge in [-0.25, -0.2) is 4.39 Å². The Hall–Kier alpha value is -0.740. The quantitative estimate of drug-likeness (QED) is 0.897. The first kappa shape index (κ1) is 13.7. The van der Waals surface area contributed by atoms with Gasteiger partial charge in [0.2, 0.25) is 0 Å². The highest BCUT2D eigenvalue weighted by molar-refractivity contribution is 7.85. The van der Waals surface area contributed by atoms with Gasteiger partial charge in [-0.15, -0.1) is 0 Å². The number of benzene rings is 1. The van der Waals surface area contributed by atoms with E-state index in [1.165, 1.54) is 12.1 Å². The normalized spacial score (nSPS) is 28.9. The molecule has 1 aliphatic carbocycles. The number of rotatable bonds is 2. The van der Waals surface area contributed by atoms with Crippen molar-refractivity contribution < 1.29 is 8.60 Å². The van der Waals surface area contributed by atoms with Crippen molar-refractivity contribution in [2.24, 2.45) is 11.1 Å². The van der Waals surface area contributed by atoms with E-state index in [0.717, 1.165) is 19.3 Å². The van der Waals surface area contributed by atoms with Crippen molar-refractivity contribution in [1.82, 2.24) is 0 Å². The van der Waals surface area contributed by atoms with Crippen molar-refractivity contribution in [1.29, 1.82) is 0 Å². The molecule has 0 heterocycles. The lowest BCUT2D eigenvalue weighted by Crippen LogP contribution is -2.51. The van der Waals surface area contributed by atoms with Crippen molar-refractivity contribution in [3.8, 4) is 0 Å². The van der Waals surface area contributed by atoms with E-state index in [1.54, 1.807) is 12.1 Å². The molecule has 3 unspecified atom stereocenters. The third-order valence-corrected chi connectivity index (χ3v) is 5.75. The van der Waals surface area contributed by atoms with Gasteiger partial charge in [0.15, 0.2) is 0 Å². The van der Waals surface area contributed by atoms with Crippen LogP contribution in [0.5, 0.6) is 0 Å². The summed E-state index contributed by atoms with van der Waals surface area (Å²) in [6, 6.07) is 5.83. The molecule has 2 rings (SSSR count). The van der Waals surface area contributed by atoms with Gasteiger partial charge in [-0.1, -0.05) is 20.3 Å². The number of halogens is 1. The minimum atomic E-state index is -1.15. The van der Waals surface area contributed by atoms with Crippen LogP contribution in [0.2, 0.25) is 0 Å². The molecule has 0 spiro atoms. The van der Waals surface area contributed by atoms with E-state index in [-0.39, 0.29) is 22.5 Å². The maximum Gasteiger partial charge on any atom is 0.123 e. The van der Waals surface area contributed by atoms with E-state index in [2.05, 4.69) is 13.8 Å². The van der Waals surface area contributed by atoms with E-state index in [4.69, 9.17) is 5.73 Å². The van der Waals surface area contributed by atoms with Crippen molar-refractivity contribution in [2.45, 2.75) is 49.3 Å². The molecule has 1 saturated carbocycles. The highest BCUT2D eigenvalue weighted by atomic mass is 32.2. The first-order valence-electron chi connectivity index (χ1n) is 6.33. The van der Waals surface area contributed by atoms with Crippen molar-refractivity contribution in [3.05, 3.63) is 30.1 Å². The Bertz CT molecular complexity index is 444. The average Bonchev–Trinajstić information content (AvgIpc) is 2.33. The molecular weight excluding hydrogens is 249 g/mol. The van der Waals surface area contributed by atoms with Crippen LogP contribution in [0.1, 0.15) is 33.1 Å². The zero-order valence-corrected chi connectivity index (χ0v) is 11.7. The fourth-order valence-corrected chi connectivity index (χ4v) is 4.36. The fraction of sp³-hybridized carbons (Fsp3) is 0.571. The minimum absolute atomic E-state index is 0.0264. The van der Waals surface area contributed by atoms with Gasteiger partial charge in [-0.2, -0.15) is 0 Å². The molecule has 3 atom stereocenters. The van der Waals surface area contributed by atoms with Crippen LogP contribution in [-0.2, 0) is 10.8 Å². The molecule has 2 nitrogen and oxygen atoms in total. The summed E-state index contributed by atoms with van der Waals surface area (Å²) < 4.78 is 25.4. The van der Waals surface area contributed by atoms with Gasteiger partial charge < -0.3 is 5.73 Å². The monoisotopic (exact) mass is 269 g/mol. The largest absolute Gasteiger partial charge is 0.326 e. The number of nitrogens with two attached hydrogens (primary N) is 1. The van der Waals surface area contributed by atoms with E-state index >= 15 is 0 Å². The average molecular weight is 269 g/mol. The summed E-state index contributed by atoms with van der Waals surface area (Å²) in [6.07, 6.45) is 3.01. The third kappa shape index (κ3) is 2.64. The first-order chi connectivity index (χ1) is 8.42. The fourth-order valence-electron chi connectivity index (χ4n) is 2.59. The Labute approximate surface area is 110 Å². The maximum absolute atomic E-state index is 12.9. The molecule has 0 amide bonds. The van der Waals surface area contributed by atoms with Crippen LogP contribution in [-0.4, -0.2) is 15.5 Å². The summed E-state index contributed by atoms with van der Waals surface area (Å²) in [5, 5.41) is -0.0285. The lowest BCUT2D eigenvalue weighted by Gasteiger charge is -2.41. The van der Waals surface area contributed by atoms with E-state index in [0.29, 0.717) is 4.90 Å². The predicted octanol–water partition coefficient (Wildman–Crippen LogP) is 2.84. The number of hydrogen-bond donors (Lipinski definition) is 1. The molecule has 0 bridgehead atoms. The van der Waals surface area contributed by atoms with Gasteiger partial charge in [0.05, 0.1) is 16.0 Å².